The fraction of sp³-hybridized carbons (Fsp3) is 0.533. The van der Waals surface area contributed by atoms with Gasteiger partial charge in [-0.3, -0.25) is 4.79 Å². The van der Waals surface area contributed by atoms with Gasteiger partial charge >= 0.3 is 0 Å². The molecule has 6 heteroatoms. The summed E-state index contributed by atoms with van der Waals surface area (Å²) in [6, 6.07) is 2.11. The zero-order chi connectivity index (χ0) is 15.2. The van der Waals surface area contributed by atoms with Crippen molar-refractivity contribution < 1.29 is 4.79 Å². The number of fused-ring (bicyclic) bond motifs is 1. The summed E-state index contributed by atoms with van der Waals surface area (Å²) in [5.74, 6) is 1.47. The lowest BCUT2D eigenvalue weighted by molar-refractivity contribution is -0.119. The van der Waals surface area contributed by atoms with Crippen LogP contribution in [0.5, 0.6) is 0 Å². The van der Waals surface area contributed by atoms with Gasteiger partial charge in [0.25, 0.3) is 0 Å². The van der Waals surface area contributed by atoms with Crippen molar-refractivity contribution in [2.45, 2.75) is 40.0 Å². The first-order chi connectivity index (χ1) is 10.1. The monoisotopic (exact) mass is 306 g/mol. The van der Waals surface area contributed by atoms with Gasteiger partial charge in [0.05, 0.1) is 11.9 Å². The van der Waals surface area contributed by atoms with Crippen molar-refractivity contribution in [3.05, 3.63) is 16.8 Å². The summed E-state index contributed by atoms with van der Waals surface area (Å²) in [6.45, 7) is 7.07. The van der Waals surface area contributed by atoms with Gasteiger partial charge in [0.1, 0.15) is 16.5 Å². The molecule has 5 nitrogen and oxygen atoms in total. The van der Waals surface area contributed by atoms with E-state index in [1.165, 1.54) is 4.88 Å². The minimum atomic E-state index is -0.00110. The van der Waals surface area contributed by atoms with Crippen LogP contribution < -0.4 is 10.6 Å². The highest BCUT2D eigenvalue weighted by atomic mass is 32.1. The van der Waals surface area contributed by atoms with Crippen molar-refractivity contribution >= 4 is 33.3 Å². The molecule has 0 radical (unpaired) electrons. The summed E-state index contributed by atoms with van der Waals surface area (Å²) in [5, 5.41) is 7.03. The average molecular weight is 306 g/mol. The zero-order valence-corrected chi connectivity index (χ0v) is 13.6. The second-order valence-electron chi connectivity index (χ2n) is 4.96. The Bertz CT molecular complexity index is 623. The number of hydrogen-bond donors (Lipinski definition) is 2. The van der Waals surface area contributed by atoms with Crippen molar-refractivity contribution in [1.82, 2.24) is 15.3 Å². The molecule has 0 aliphatic rings. The Balaban J connectivity index is 2.07. The van der Waals surface area contributed by atoms with E-state index >= 15 is 0 Å². The van der Waals surface area contributed by atoms with Crippen LogP contribution in [0.4, 0.5) is 5.82 Å². The lowest BCUT2D eigenvalue weighted by Crippen LogP contribution is -2.30. The summed E-state index contributed by atoms with van der Waals surface area (Å²) < 4.78 is 0. The highest BCUT2D eigenvalue weighted by Crippen LogP contribution is 2.29. The van der Waals surface area contributed by atoms with Gasteiger partial charge in [0.2, 0.25) is 5.91 Å². The Morgan fingerprint density at radius 2 is 2.14 bits per heavy atom. The number of hydrogen-bond acceptors (Lipinski definition) is 5. The summed E-state index contributed by atoms with van der Waals surface area (Å²) >= 11 is 1.69. The predicted molar refractivity (Wildman–Crippen MR) is 87.9 cm³/mol. The fourth-order valence-corrected chi connectivity index (χ4v) is 3.03. The second-order valence-corrected chi connectivity index (χ2v) is 6.08. The molecule has 114 valence electrons. The van der Waals surface area contributed by atoms with E-state index in [0.717, 1.165) is 47.7 Å². The third kappa shape index (κ3) is 4.14. The topological polar surface area (TPSA) is 66.9 Å². The Kier molecular flexibility index (Phi) is 5.50. The summed E-state index contributed by atoms with van der Waals surface area (Å²) in [6.07, 6.45) is 3.07. The van der Waals surface area contributed by atoms with Crippen LogP contribution in [0, 0.1) is 6.92 Å². The molecule has 1 amide bonds. The molecule has 0 aliphatic carbocycles. The van der Waals surface area contributed by atoms with E-state index in [2.05, 4.69) is 40.5 Å². The maximum Gasteiger partial charge on any atom is 0.239 e. The quantitative estimate of drug-likeness (QED) is 0.772. The Morgan fingerprint density at radius 1 is 1.33 bits per heavy atom. The van der Waals surface area contributed by atoms with Crippen LogP contribution in [0.15, 0.2) is 6.07 Å². The van der Waals surface area contributed by atoms with Crippen LogP contribution in [0.1, 0.15) is 37.4 Å². The maximum atomic E-state index is 11.8. The van der Waals surface area contributed by atoms with Crippen molar-refractivity contribution in [3.8, 4) is 0 Å². The normalized spacial score (nSPS) is 10.8. The molecule has 2 N–H and O–H groups in total. The first kappa shape index (κ1) is 15.7. The van der Waals surface area contributed by atoms with Gasteiger partial charge in [-0.05, 0) is 25.8 Å². The van der Waals surface area contributed by atoms with E-state index < -0.39 is 0 Å². The molecule has 0 fully saturated rings. The highest BCUT2D eigenvalue weighted by molar-refractivity contribution is 7.18. The fourth-order valence-electron chi connectivity index (χ4n) is 2.02. The van der Waals surface area contributed by atoms with Crippen LogP contribution in [-0.4, -0.2) is 29.0 Å². The molecule has 0 aromatic carbocycles. The first-order valence-corrected chi connectivity index (χ1v) is 8.23. The van der Waals surface area contributed by atoms with Crippen LogP contribution in [0.2, 0.25) is 0 Å². The van der Waals surface area contributed by atoms with Crippen LogP contribution in [0.3, 0.4) is 0 Å². The van der Waals surface area contributed by atoms with Gasteiger partial charge in [-0.1, -0.05) is 20.3 Å². The van der Waals surface area contributed by atoms with Gasteiger partial charge in [0, 0.05) is 11.4 Å². The number of unbranched alkanes of at least 4 members (excludes halogenated alkanes) is 1. The average Bonchev–Trinajstić information content (AvgIpc) is 2.88. The second kappa shape index (κ2) is 7.36. The number of carbonyl (C=O) groups excluding carboxylic acids is 1. The minimum absolute atomic E-state index is 0.00110. The van der Waals surface area contributed by atoms with E-state index in [4.69, 9.17) is 0 Å². The number of aryl methyl sites for hydroxylation is 2. The largest absolute Gasteiger partial charge is 0.360 e. The van der Waals surface area contributed by atoms with E-state index in [1.807, 2.05) is 6.92 Å². The molecular weight excluding hydrogens is 284 g/mol. The van der Waals surface area contributed by atoms with Crippen LogP contribution in [-0.2, 0) is 11.2 Å². The Labute approximate surface area is 129 Å². The lowest BCUT2D eigenvalue weighted by Gasteiger charge is -2.08. The first-order valence-electron chi connectivity index (χ1n) is 7.41. The lowest BCUT2D eigenvalue weighted by atomic mass is 10.3. The standard InChI is InChI=1S/C15H22N4OS/c1-4-6-7-16-13(20)9-17-14-12-8-11(5-2)21-15(12)19-10(3)18-14/h8H,4-7,9H2,1-3H3,(H,16,20)(H,17,18,19). The third-order valence-corrected chi connectivity index (χ3v) is 4.35. The highest BCUT2D eigenvalue weighted by Gasteiger charge is 2.10. The Morgan fingerprint density at radius 3 is 2.86 bits per heavy atom. The van der Waals surface area contributed by atoms with Gasteiger partial charge in [-0.15, -0.1) is 11.3 Å². The molecule has 0 bridgehead atoms. The molecule has 0 spiro atoms. The van der Waals surface area contributed by atoms with Gasteiger partial charge < -0.3 is 10.6 Å². The number of anilines is 1. The number of amides is 1. The number of carbonyl (C=O) groups is 1. The summed E-state index contributed by atoms with van der Waals surface area (Å²) in [7, 11) is 0. The van der Waals surface area contributed by atoms with E-state index in [9.17, 15) is 4.79 Å². The zero-order valence-electron chi connectivity index (χ0n) is 12.8. The number of nitrogens with one attached hydrogen (secondary N) is 2. The number of nitrogens with zero attached hydrogens (tertiary/aromatic N) is 2. The molecule has 0 saturated carbocycles. The molecule has 0 aliphatic heterocycles. The number of rotatable bonds is 7. The van der Waals surface area contributed by atoms with Gasteiger partial charge in [0.15, 0.2) is 0 Å². The number of aromatic nitrogens is 2. The van der Waals surface area contributed by atoms with E-state index in [1.54, 1.807) is 11.3 Å². The van der Waals surface area contributed by atoms with Crippen molar-refractivity contribution in [2.24, 2.45) is 0 Å². The third-order valence-electron chi connectivity index (χ3n) is 3.17. The SMILES string of the molecule is CCCCNC(=O)CNc1nc(C)nc2sc(CC)cc12. The van der Waals surface area contributed by atoms with E-state index in [-0.39, 0.29) is 12.5 Å². The summed E-state index contributed by atoms with van der Waals surface area (Å²) in [5.41, 5.74) is 0. The molecule has 2 heterocycles. The molecular formula is C15H22N4OS. The molecule has 21 heavy (non-hydrogen) atoms. The maximum absolute atomic E-state index is 11.8. The van der Waals surface area contributed by atoms with Crippen molar-refractivity contribution in [3.63, 3.8) is 0 Å². The minimum Gasteiger partial charge on any atom is -0.360 e. The van der Waals surface area contributed by atoms with E-state index in [0.29, 0.717) is 0 Å². The Hall–Kier alpha value is -1.69. The molecule has 2 rings (SSSR count). The van der Waals surface area contributed by atoms with Crippen molar-refractivity contribution in [1.29, 1.82) is 0 Å². The van der Waals surface area contributed by atoms with Crippen molar-refractivity contribution in [2.75, 3.05) is 18.4 Å². The van der Waals surface area contributed by atoms with Gasteiger partial charge in [-0.25, -0.2) is 9.97 Å². The summed E-state index contributed by atoms with van der Waals surface area (Å²) in [4.78, 5) is 22.9. The molecule has 0 atom stereocenters. The van der Waals surface area contributed by atoms with Crippen LogP contribution in [0.25, 0.3) is 10.2 Å². The molecule has 2 aromatic heterocycles. The van der Waals surface area contributed by atoms with Gasteiger partial charge in [-0.2, -0.15) is 0 Å². The number of thiophene rings is 1. The smallest absolute Gasteiger partial charge is 0.239 e. The molecule has 2 aromatic rings. The molecule has 0 unspecified atom stereocenters. The van der Waals surface area contributed by atoms with Crippen LogP contribution >= 0.6 is 11.3 Å². The molecule has 0 saturated heterocycles. The predicted octanol–water partition coefficient (Wildman–Crippen LogP) is 2.89.